The number of nitrogens with two attached hydrogens (primary N) is 1. The van der Waals surface area contributed by atoms with Crippen molar-refractivity contribution in [2.45, 2.75) is 12.5 Å². The predicted molar refractivity (Wildman–Crippen MR) is 74.3 cm³/mol. The predicted octanol–water partition coefficient (Wildman–Crippen LogP) is -0.143. The van der Waals surface area contributed by atoms with Crippen LogP contribution in [-0.4, -0.2) is 41.3 Å². The Hall–Kier alpha value is -1.15. The molecule has 1 aliphatic rings. The van der Waals surface area contributed by atoms with E-state index in [0.717, 1.165) is 5.56 Å². The molecule has 0 aliphatic carbocycles. The van der Waals surface area contributed by atoms with Gasteiger partial charge in [0, 0.05) is 19.7 Å². The summed E-state index contributed by atoms with van der Waals surface area (Å²) in [4.78, 5) is 0. The molecule has 1 atom stereocenters. The van der Waals surface area contributed by atoms with Crippen LogP contribution in [0.5, 0.6) is 0 Å². The number of hydrogen-bond acceptors (Lipinski definition) is 4. The van der Waals surface area contributed by atoms with Crippen molar-refractivity contribution in [2.75, 3.05) is 31.1 Å². The van der Waals surface area contributed by atoms with Crippen molar-refractivity contribution in [3.05, 3.63) is 29.8 Å². The summed E-state index contributed by atoms with van der Waals surface area (Å²) in [5.41, 5.74) is 7.59. The average molecular weight is 285 g/mol. The van der Waals surface area contributed by atoms with E-state index in [2.05, 4.69) is 4.72 Å². The second-order valence-corrected chi connectivity index (χ2v) is 6.20. The molecule has 1 aliphatic heterocycles. The third-order valence-corrected chi connectivity index (χ3v) is 4.52. The van der Waals surface area contributed by atoms with Gasteiger partial charge in [-0.25, -0.2) is 0 Å². The van der Waals surface area contributed by atoms with E-state index in [1.807, 2.05) is 18.2 Å². The Kier molecular flexibility index (Phi) is 4.41. The van der Waals surface area contributed by atoms with Gasteiger partial charge < -0.3 is 10.5 Å². The molecule has 0 saturated heterocycles. The van der Waals surface area contributed by atoms with E-state index >= 15 is 0 Å². The van der Waals surface area contributed by atoms with Gasteiger partial charge in [0.15, 0.2) is 0 Å². The lowest BCUT2D eigenvalue weighted by atomic mass is 10.0. The molecule has 0 saturated carbocycles. The van der Waals surface area contributed by atoms with Crippen LogP contribution >= 0.6 is 0 Å². The first-order valence-electron chi connectivity index (χ1n) is 6.14. The van der Waals surface area contributed by atoms with E-state index in [-0.39, 0.29) is 12.6 Å². The fraction of sp³-hybridized carbons (Fsp3) is 0.500. The maximum Gasteiger partial charge on any atom is 0.301 e. The maximum atomic E-state index is 12.3. The number of anilines is 1. The second-order valence-electron chi connectivity index (χ2n) is 4.52. The van der Waals surface area contributed by atoms with E-state index < -0.39 is 10.2 Å². The van der Waals surface area contributed by atoms with Crippen molar-refractivity contribution in [3.8, 4) is 0 Å². The SMILES string of the molecule is COCCNS(=O)(=O)N1CC(N)Cc2ccccc21. The summed E-state index contributed by atoms with van der Waals surface area (Å²) in [5.74, 6) is 0. The van der Waals surface area contributed by atoms with Crippen LogP contribution in [0.4, 0.5) is 5.69 Å². The summed E-state index contributed by atoms with van der Waals surface area (Å²) in [6.45, 7) is 0.868. The number of hydrogen-bond donors (Lipinski definition) is 2. The van der Waals surface area contributed by atoms with Crippen LogP contribution in [0.2, 0.25) is 0 Å². The largest absolute Gasteiger partial charge is 0.383 e. The summed E-state index contributed by atoms with van der Waals surface area (Å²) in [7, 11) is -2.05. The van der Waals surface area contributed by atoms with Crippen LogP contribution in [0.25, 0.3) is 0 Å². The molecule has 0 bridgehead atoms. The van der Waals surface area contributed by atoms with E-state index in [4.69, 9.17) is 10.5 Å². The Bertz CT molecular complexity index is 533. The first kappa shape index (κ1) is 14.3. The zero-order valence-corrected chi connectivity index (χ0v) is 11.7. The smallest absolute Gasteiger partial charge is 0.301 e. The fourth-order valence-electron chi connectivity index (χ4n) is 2.16. The third-order valence-electron chi connectivity index (χ3n) is 3.02. The molecule has 0 radical (unpaired) electrons. The fourth-order valence-corrected chi connectivity index (χ4v) is 3.49. The first-order chi connectivity index (χ1) is 9.04. The normalized spacial score (nSPS) is 19.3. The third kappa shape index (κ3) is 3.24. The van der Waals surface area contributed by atoms with Crippen molar-refractivity contribution in [3.63, 3.8) is 0 Å². The van der Waals surface area contributed by atoms with Gasteiger partial charge in [0.25, 0.3) is 0 Å². The van der Waals surface area contributed by atoms with Gasteiger partial charge in [0.2, 0.25) is 0 Å². The molecule has 3 N–H and O–H groups in total. The van der Waals surface area contributed by atoms with Crippen LogP contribution in [0.1, 0.15) is 5.56 Å². The summed E-state index contributed by atoms with van der Waals surface area (Å²) in [5, 5.41) is 0. The van der Waals surface area contributed by atoms with Crippen molar-refractivity contribution in [1.29, 1.82) is 0 Å². The highest BCUT2D eigenvalue weighted by Crippen LogP contribution is 2.27. The molecule has 1 unspecified atom stereocenters. The monoisotopic (exact) mass is 285 g/mol. The Morgan fingerprint density at radius 3 is 2.95 bits per heavy atom. The van der Waals surface area contributed by atoms with Crippen LogP contribution in [0.3, 0.4) is 0 Å². The summed E-state index contributed by atoms with van der Waals surface area (Å²) < 4.78 is 33.2. The van der Waals surface area contributed by atoms with E-state index in [9.17, 15) is 8.42 Å². The molecule has 0 amide bonds. The number of nitrogens with zero attached hydrogens (tertiary/aromatic N) is 1. The Morgan fingerprint density at radius 2 is 2.21 bits per heavy atom. The minimum Gasteiger partial charge on any atom is -0.383 e. The van der Waals surface area contributed by atoms with E-state index in [0.29, 0.717) is 25.3 Å². The van der Waals surface area contributed by atoms with E-state index in [1.165, 1.54) is 11.4 Å². The minimum atomic E-state index is -3.58. The zero-order chi connectivity index (χ0) is 13.9. The molecule has 2 rings (SSSR count). The van der Waals surface area contributed by atoms with Gasteiger partial charge in [-0.3, -0.25) is 4.31 Å². The van der Waals surface area contributed by atoms with Gasteiger partial charge in [0.05, 0.1) is 18.8 Å². The van der Waals surface area contributed by atoms with Crippen molar-refractivity contribution >= 4 is 15.9 Å². The summed E-state index contributed by atoms with van der Waals surface area (Å²) >= 11 is 0. The Labute approximate surface area is 113 Å². The van der Waals surface area contributed by atoms with Gasteiger partial charge in [-0.2, -0.15) is 13.1 Å². The Balaban J connectivity index is 2.24. The number of para-hydroxylation sites is 1. The molecule has 1 heterocycles. The van der Waals surface area contributed by atoms with E-state index in [1.54, 1.807) is 6.07 Å². The number of fused-ring (bicyclic) bond motifs is 1. The lowest BCUT2D eigenvalue weighted by Crippen LogP contribution is -2.50. The maximum absolute atomic E-state index is 12.3. The van der Waals surface area contributed by atoms with Gasteiger partial charge >= 0.3 is 10.2 Å². The minimum absolute atomic E-state index is 0.186. The topological polar surface area (TPSA) is 84.7 Å². The Morgan fingerprint density at radius 1 is 1.47 bits per heavy atom. The molecule has 106 valence electrons. The van der Waals surface area contributed by atoms with Crippen molar-refractivity contribution < 1.29 is 13.2 Å². The number of nitrogens with one attached hydrogen (secondary N) is 1. The van der Waals surface area contributed by atoms with Crippen LogP contribution in [-0.2, 0) is 21.4 Å². The van der Waals surface area contributed by atoms with Crippen LogP contribution in [0, 0.1) is 0 Å². The highest BCUT2D eigenvalue weighted by Gasteiger charge is 2.30. The molecular weight excluding hydrogens is 266 g/mol. The quantitative estimate of drug-likeness (QED) is 0.737. The first-order valence-corrected chi connectivity index (χ1v) is 7.58. The molecule has 6 nitrogen and oxygen atoms in total. The molecule has 19 heavy (non-hydrogen) atoms. The van der Waals surface area contributed by atoms with Crippen LogP contribution < -0.4 is 14.8 Å². The highest BCUT2D eigenvalue weighted by molar-refractivity contribution is 7.90. The molecular formula is C12H19N3O3S. The lowest BCUT2D eigenvalue weighted by molar-refractivity contribution is 0.204. The molecule has 7 heteroatoms. The molecule has 0 fully saturated rings. The molecule has 1 aromatic carbocycles. The van der Waals surface area contributed by atoms with Gasteiger partial charge in [0.1, 0.15) is 0 Å². The average Bonchev–Trinajstić information content (AvgIpc) is 2.38. The van der Waals surface area contributed by atoms with Crippen molar-refractivity contribution in [1.82, 2.24) is 4.72 Å². The number of methoxy groups -OCH3 is 1. The van der Waals surface area contributed by atoms with Crippen LogP contribution in [0.15, 0.2) is 24.3 Å². The summed E-state index contributed by atoms with van der Waals surface area (Å²) in [6, 6.07) is 7.24. The highest BCUT2D eigenvalue weighted by atomic mass is 32.2. The van der Waals surface area contributed by atoms with Gasteiger partial charge in [-0.1, -0.05) is 18.2 Å². The number of benzene rings is 1. The van der Waals surface area contributed by atoms with Crippen molar-refractivity contribution in [2.24, 2.45) is 5.73 Å². The zero-order valence-electron chi connectivity index (χ0n) is 10.9. The lowest BCUT2D eigenvalue weighted by Gasteiger charge is -2.33. The number of ether oxygens (including phenoxy) is 1. The molecule has 0 aromatic heterocycles. The summed E-state index contributed by atoms with van der Waals surface area (Å²) in [6.07, 6.45) is 0.695. The van der Waals surface area contributed by atoms with Gasteiger partial charge in [-0.15, -0.1) is 0 Å². The standard InChI is InChI=1S/C12H19N3O3S/c1-18-7-6-14-19(16,17)15-9-11(13)8-10-4-2-3-5-12(10)15/h2-5,11,14H,6-9,13H2,1H3. The molecule has 1 aromatic rings. The molecule has 0 spiro atoms. The number of rotatable bonds is 5. The second kappa shape index (κ2) is 5.87. The van der Waals surface area contributed by atoms with Gasteiger partial charge in [-0.05, 0) is 18.1 Å².